The Balaban J connectivity index is 1.73. The summed E-state index contributed by atoms with van der Waals surface area (Å²) in [6, 6.07) is 15.0. The zero-order valence-corrected chi connectivity index (χ0v) is 12.6. The third-order valence-electron chi connectivity index (χ3n) is 4.22. The molecule has 2 heteroatoms. The van der Waals surface area contributed by atoms with E-state index >= 15 is 0 Å². The smallest absolute Gasteiger partial charge is 0.119 e. The van der Waals surface area contributed by atoms with E-state index in [1.807, 2.05) is 19.1 Å². The molecule has 0 bridgehead atoms. The van der Waals surface area contributed by atoms with Gasteiger partial charge >= 0.3 is 0 Å². The first-order valence-corrected chi connectivity index (χ1v) is 7.85. The van der Waals surface area contributed by atoms with Crippen molar-refractivity contribution in [1.82, 2.24) is 0 Å². The number of benzene rings is 2. The van der Waals surface area contributed by atoms with Gasteiger partial charge in [0.25, 0.3) is 0 Å². The molecule has 0 aromatic heterocycles. The number of hydrogen-bond donors (Lipinski definition) is 1. The van der Waals surface area contributed by atoms with Gasteiger partial charge in [0.1, 0.15) is 5.75 Å². The first kappa shape index (κ1) is 14.2. The van der Waals surface area contributed by atoms with Gasteiger partial charge in [0.05, 0.1) is 6.61 Å². The van der Waals surface area contributed by atoms with Crippen molar-refractivity contribution >= 4 is 0 Å². The first-order valence-electron chi connectivity index (χ1n) is 7.85. The van der Waals surface area contributed by atoms with Crippen LogP contribution in [0.3, 0.4) is 0 Å². The maximum Gasteiger partial charge on any atom is 0.119 e. The molecule has 0 amide bonds. The van der Waals surface area contributed by atoms with Crippen molar-refractivity contribution in [3.63, 3.8) is 0 Å². The number of nitrogens with two attached hydrogens (primary N) is 1. The Bertz CT molecular complexity index is 621. The van der Waals surface area contributed by atoms with E-state index in [-0.39, 0.29) is 6.04 Å². The average Bonchev–Trinajstić information content (AvgIpc) is 2.95. The summed E-state index contributed by atoms with van der Waals surface area (Å²) in [7, 11) is 0. The fraction of sp³-hybridized carbons (Fsp3) is 0.368. The monoisotopic (exact) mass is 281 g/mol. The molecule has 21 heavy (non-hydrogen) atoms. The average molecular weight is 281 g/mol. The van der Waals surface area contributed by atoms with Crippen molar-refractivity contribution in [2.24, 2.45) is 5.73 Å². The Morgan fingerprint density at radius 1 is 1.10 bits per heavy atom. The summed E-state index contributed by atoms with van der Waals surface area (Å²) in [6.45, 7) is 2.68. The van der Waals surface area contributed by atoms with Crippen LogP contribution in [-0.2, 0) is 19.3 Å². The zero-order valence-electron chi connectivity index (χ0n) is 12.6. The summed E-state index contributed by atoms with van der Waals surface area (Å²) >= 11 is 0. The van der Waals surface area contributed by atoms with E-state index in [1.54, 1.807) is 0 Å². The van der Waals surface area contributed by atoms with E-state index in [0.717, 1.165) is 17.7 Å². The highest BCUT2D eigenvalue weighted by atomic mass is 16.5. The van der Waals surface area contributed by atoms with Crippen LogP contribution < -0.4 is 10.5 Å². The lowest BCUT2D eigenvalue weighted by molar-refractivity contribution is 0.339. The normalized spacial score (nSPS) is 14.8. The molecule has 3 rings (SSSR count). The predicted octanol–water partition coefficient (Wildman–Crippen LogP) is 3.82. The van der Waals surface area contributed by atoms with E-state index in [1.165, 1.54) is 36.0 Å². The number of ether oxygens (including phenoxy) is 1. The zero-order chi connectivity index (χ0) is 14.7. The van der Waals surface area contributed by atoms with Gasteiger partial charge in [-0.25, -0.2) is 0 Å². The second kappa shape index (κ2) is 6.31. The van der Waals surface area contributed by atoms with E-state index < -0.39 is 0 Å². The molecule has 2 aromatic carbocycles. The largest absolute Gasteiger partial charge is 0.494 e. The van der Waals surface area contributed by atoms with Crippen molar-refractivity contribution in [3.05, 3.63) is 64.7 Å². The quantitative estimate of drug-likeness (QED) is 0.904. The van der Waals surface area contributed by atoms with Crippen LogP contribution in [0.4, 0.5) is 0 Å². The molecule has 0 heterocycles. The van der Waals surface area contributed by atoms with Crippen LogP contribution in [0.25, 0.3) is 0 Å². The molecule has 1 aliphatic rings. The maximum atomic E-state index is 6.38. The molecule has 0 fully saturated rings. The molecule has 1 atom stereocenters. The van der Waals surface area contributed by atoms with Gasteiger partial charge in [-0.3, -0.25) is 0 Å². The number of aryl methyl sites for hydroxylation is 2. The molecule has 0 spiro atoms. The Kier molecular flexibility index (Phi) is 4.26. The minimum absolute atomic E-state index is 0.0184. The van der Waals surface area contributed by atoms with Crippen molar-refractivity contribution in [3.8, 4) is 5.75 Å². The van der Waals surface area contributed by atoms with Gasteiger partial charge < -0.3 is 10.5 Å². The van der Waals surface area contributed by atoms with Gasteiger partial charge in [0.2, 0.25) is 0 Å². The van der Waals surface area contributed by atoms with Crippen LogP contribution in [0.2, 0.25) is 0 Å². The Morgan fingerprint density at radius 3 is 2.81 bits per heavy atom. The van der Waals surface area contributed by atoms with Crippen LogP contribution in [0, 0.1) is 0 Å². The number of hydrogen-bond acceptors (Lipinski definition) is 2. The van der Waals surface area contributed by atoms with Gasteiger partial charge in [-0.05, 0) is 67.0 Å². The molecule has 1 aliphatic carbocycles. The van der Waals surface area contributed by atoms with E-state index in [9.17, 15) is 0 Å². The Hall–Kier alpha value is -1.80. The Labute approximate surface area is 126 Å². The molecule has 0 aliphatic heterocycles. The van der Waals surface area contributed by atoms with Gasteiger partial charge in [-0.1, -0.05) is 30.3 Å². The summed E-state index contributed by atoms with van der Waals surface area (Å²) < 4.78 is 5.55. The second-order valence-corrected chi connectivity index (χ2v) is 5.77. The highest BCUT2D eigenvalue weighted by molar-refractivity contribution is 5.37. The summed E-state index contributed by atoms with van der Waals surface area (Å²) in [6.07, 6.45) is 4.63. The lowest BCUT2D eigenvalue weighted by Gasteiger charge is -2.14. The second-order valence-electron chi connectivity index (χ2n) is 5.77. The van der Waals surface area contributed by atoms with Crippen molar-refractivity contribution in [2.45, 2.75) is 38.6 Å². The van der Waals surface area contributed by atoms with Crippen molar-refractivity contribution in [2.75, 3.05) is 6.61 Å². The van der Waals surface area contributed by atoms with Gasteiger partial charge in [-0.15, -0.1) is 0 Å². The topological polar surface area (TPSA) is 35.2 Å². The molecule has 2 aromatic rings. The molecule has 0 radical (unpaired) electrons. The van der Waals surface area contributed by atoms with Crippen LogP contribution in [0.15, 0.2) is 42.5 Å². The standard InChI is InChI=1S/C19H23NO/c1-2-21-18-8-4-7-17(13-18)19(20)12-14-9-10-15-5-3-6-16(15)11-14/h4,7-11,13,19H,2-3,5-6,12,20H2,1H3. The van der Waals surface area contributed by atoms with Crippen LogP contribution in [0.1, 0.15) is 41.6 Å². The fourth-order valence-corrected chi connectivity index (χ4v) is 3.13. The molecule has 0 saturated heterocycles. The summed E-state index contributed by atoms with van der Waals surface area (Å²) in [5.74, 6) is 0.902. The minimum atomic E-state index is 0.0184. The van der Waals surface area contributed by atoms with Crippen LogP contribution in [0.5, 0.6) is 5.75 Å². The first-order chi connectivity index (χ1) is 10.3. The number of rotatable bonds is 5. The molecular formula is C19H23NO. The van der Waals surface area contributed by atoms with Crippen molar-refractivity contribution in [1.29, 1.82) is 0 Å². The summed E-state index contributed by atoms with van der Waals surface area (Å²) in [5, 5.41) is 0. The van der Waals surface area contributed by atoms with E-state index in [2.05, 4.69) is 30.3 Å². The van der Waals surface area contributed by atoms with Gasteiger partial charge in [-0.2, -0.15) is 0 Å². The summed E-state index contributed by atoms with van der Waals surface area (Å²) in [5.41, 5.74) is 11.9. The Morgan fingerprint density at radius 2 is 1.95 bits per heavy atom. The highest BCUT2D eigenvalue weighted by Crippen LogP contribution is 2.26. The molecule has 2 N–H and O–H groups in total. The van der Waals surface area contributed by atoms with Gasteiger partial charge in [0.15, 0.2) is 0 Å². The molecule has 2 nitrogen and oxygen atoms in total. The lowest BCUT2D eigenvalue weighted by atomic mass is 9.97. The predicted molar refractivity (Wildman–Crippen MR) is 86.7 cm³/mol. The molecule has 0 saturated carbocycles. The highest BCUT2D eigenvalue weighted by Gasteiger charge is 2.13. The van der Waals surface area contributed by atoms with E-state index in [0.29, 0.717) is 6.61 Å². The maximum absolute atomic E-state index is 6.38. The fourth-order valence-electron chi connectivity index (χ4n) is 3.13. The minimum Gasteiger partial charge on any atom is -0.494 e. The van der Waals surface area contributed by atoms with Crippen LogP contribution in [-0.4, -0.2) is 6.61 Å². The van der Waals surface area contributed by atoms with Gasteiger partial charge in [0, 0.05) is 6.04 Å². The van der Waals surface area contributed by atoms with Crippen LogP contribution >= 0.6 is 0 Å². The third-order valence-corrected chi connectivity index (χ3v) is 4.22. The number of fused-ring (bicyclic) bond motifs is 1. The lowest BCUT2D eigenvalue weighted by Crippen LogP contribution is -2.13. The third kappa shape index (κ3) is 3.27. The molecule has 1 unspecified atom stereocenters. The SMILES string of the molecule is CCOc1cccc(C(N)Cc2ccc3c(c2)CCC3)c1. The van der Waals surface area contributed by atoms with Crippen molar-refractivity contribution < 1.29 is 4.74 Å². The van der Waals surface area contributed by atoms with E-state index in [4.69, 9.17) is 10.5 Å². The molecular weight excluding hydrogens is 258 g/mol. The summed E-state index contributed by atoms with van der Waals surface area (Å²) in [4.78, 5) is 0. The molecule has 110 valence electrons.